The van der Waals surface area contributed by atoms with Gasteiger partial charge in [-0.3, -0.25) is 0 Å². The molecule has 0 amide bonds. The van der Waals surface area contributed by atoms with Gasteiger partial charge in [-0.25, -0.2) is 0 Å². The van der Waals surface area contributed by atoms with Crippen molar-refractivity contribution < 1.29 is 14.2 Å². The highest BCUT2D eigenvalue weighted by atomic mass is 16.6. The van der Waals surface area contributed by atoms with E-state index >= 15 is 0 Å². The normalized spacial score (nSPS) is 29.0. The molecule has 2 heterocycles. The summed E-state index contributed by atoms with van der Waals surface area (Å²) >= 11 is 0. The molecule has 1 N–H and O–H groups in total. The number of rotatable bonds is 3. The molecule has 110 valence electrons. The van der Waals surface area contributed by atoms with Crippen molar-refractivity contribution in [2.24, 2.45) is 0 Å². The molecular formula is C16H23NO3. The fourth-order valence-electron chi connectivity index (χ4n) is 2.87. The zero-order valence-corrected chi connectivity index (χ0v) is 12.3. The fourth-order valence-corrected chi connectivity index (χ4v) is 2.87. The van der Waals surface area contributed by atoms with Crippen molar-refractivity contribution in [3.8, 4) is 11.5 Å². The molecule has 0 spiro atoms. The summed E-state index contributed by atoms with van der Waals surface area (Å²) < 4.78 is 17.1. The second kappa shape index (κ2) is 5.52. The molecule has 2 aliphatic heterocycles. The van der Waals surface area contributed by atoms with Gasteiger partial charge in [-0.15, -0.1) is 0 Å². The number of hydrogen-bond acceptors (Lipinski definition) is 4. The van der Waals surface area contributed by atoms with E-state index in [0.717, 1.165) is 43.1 Å². The van der Waals surface area contributed by atoms with Crippen LogP contribution in [0.5, 0.6) is 11.5 Å². The quantitative estimate of drug-likeness (QED) is 0.921. The second-order valence-electron chi connectivity index (χ2n) is 5.84. The van der Waals surface area contributed by atoms with E-state index in [-0.39, 0.29) is 5.60 Å². The predicted molar refractivity (Wildman–Crippen MR) is 78.7 cm³/mol. The van der Waals surface area contributed by atoms with E-state index in [1.165, 1.54) is 0 Å². The molecule has 0 aliphatic carbocycles. The number of nitrogens with one attached hydrogen (secondary N) is 1. The molecule has 3 rings (SSSR count). The van der Waals surface area contributed by atoms with Crippen molar-refractivity contribution in [3.05, 3.63) is 18.2 Å². The molecule has 1 saturated heterocycles. The SMILES string of the molecule is CCC1(C)CC(Nc2ccc3c(c2)OCCO3)CCO1. The van der Waals surface area contributed by atoms with E-state index in [0.29, 0.717) is 19.3 Å². The summed E-state index contributed by atoms with van der Waals surface area (Å²) in [5, 5.41) is 3.60. The highest BCUT2D eigenvalue weighted by molar-refractivity contribution is 5.55. The van der Waals surface area contributed by atoms with E-state index in [1.54, 1.807) is 0 Å². The molecule has 4 nitrogen and oxygen atoms in total. The molecule has 0 radical (unpaired) electrons. The van der Waals surface area contributed by atoms with E-state index in [9.17, 15) is 0 Å². The summed E-state index contributed by atoms with van der Waals surface area (Å²) in [6.45, 7) is 6.47. The van der Waals surface area contributed by atoms with Gasteiger partial charge >= 0.3 is 0 Å². The third-order valence-electron chi connectivity index (χ3n) is 4.26. The minimum atomic E-state index is 0.00371. The highest BCUT2D eigenvalue weighted by Gasteiger charge is 2.31. The first-order chi connectivity index (χ1) is 9.68. The Bertz CT molecular complexity index is 477. The molecule has 0 aromatic heterocycles. The van der Waals surface area contributed by atoms with E-state index < -0.39 is 0 Å². The van der Waals surface area contributed by atoms with Gasteiger partial charge in [0.15, 0.2) is 11.5 Å². The second-order valence-corrected chi connectivity index (χ2v) is 5.84. The monoisotopic (exact) mass is 277 g/mol. The summed E-state index contributed by atoms with van der Waals surface area (Å²) in [5.74, 6) is 1.68. The first-order valence-corrected chi connectivity index (χ1v) is 7.49. The number of hydrogen-bond donors (Lipinski definition) is 1. The number of ether oxygens (including phenoxy) is 3. The average Bonchev–Trinajstić information content (AvgIpc) is 2.47. The maximum absolute atomic E-state index is 5.89. The third-order valence-corrected chi connectivity index (χ3v) is 4.26. The molecular weight excluding hydrogens is 254 g/mol. The van der Waals surface area contributed by atoms with E-state index in [4.69, 9.17) is 14.2 Å². The maximum atomic E-state index is 5.89. The molecule has 2 unspecified atom stereocenters. The number of anilines is 1. The zero-order chi connectivity index (χ0) is 14.0. The summed E-state index contributed by atoms with van der Waals surface area (Å²) in [5.41, 5.74) is 1.10. The molecule has 1 fully saturated rings. The van der Waals surface area contributed by atoms with Gasteiger partial charge in [0.1, 0.15) is 13.2 Å². The Hall–Kier alpha value is -1.42. The van der Waals surface area contributed by atoms with Gasteiger partial charge in [0, 0.05) is 24.4 Å². The molecule has 1 aromatic carbocycles. The van der Waals surface area contributed by atoms with Crippen LogP contribution < -0.4 is 14.8 Å². The van der Waals surface area contributed by atoms with Gasteiger partial charge in [-0.1, -0.05) is 6.92 Å². The number of benzene rings is 1. The molecule has 4 heteroatoms. The van der Waals surface area contributed by atoms with Crippen LogP contribution in [0.15, 0.2) is 18.2 Å². The van der Waals surface area contributed by atoms with Crippen molar-refractivity contribution in [2.45, 2.75) is 44.8 Å². The van der Waals surface area contributed by atoms with Crippen LogP contribution in [0.2, 0.25) is 0 Å². The molecule has 1 aromatic rings. The Balaban J connectivity index is 1.68. The van der Waals surface area contributed by atoms with Crippen molar-refractivity contribution in [1.29, 1.82) is 0 Å². The van der Waals surface area contributed by atoms with Gasteiger partial charge < -0.3 is 19.5 Å². The topological polar surface area (TPSA) is 39.7 Å². The number of fused-ring (bicyclic) bond motifs is 1. The first kappa shape index (κ1) is 13.6. The van der Waals surface area contributed by atoms with Gasteiger partial charge in [0.25, 0.3) is 0 Å². The minimum Gasteiger partial charge on any atom is -0.486 e. The van der Waals surface area contributed by atoms with E-state index in [2.05, 4.69) is 25.2 Å². The Morgan fingerprint density at radius 3 is 2.80 bits per heavy atom. The first-order valence-electron chi connectivity index (χ1n) is 7.49. The lowest BCUT2D eigenvalue weighted by Gasteiger charge is -2.38. The van der Waals surface area contributed by atoms with Crippen LogP contribution in [0.3, 0.4) is 0 Å². The maximum Gasteiger partial charge on any atom is 0.163 e. The average molecular weight is 277 g/mol. The molecule has 20 heavy (non-hydrogen) atoms. The molecule has 2 aliphatic rings. The highest BCUT2D eigenvalue weighted by Crippen LogP contribution is 2.34. The summed E-state index contributed by atoms with van der Waals surface area (Å²) in [4.78, 5) is 0. The van der Waals surface area contributed by atoms with Gasteiger partial charge in [-0.2, -0.15) is 0 Å². The fraction of sp³-hybridized carbons (Fsp3) is 0.625. The summed E-state index contributed by atoms with van der Waals surface area (Å²) in [6, 6.07) is 6.53. The van der Waals surface area contributed by atoms with Crippen molar-refractivity contribution in [1.82, 2.24) is 0 Å². The Kier molecular flexibility index (Phi) is 3.74. The van der Waals surface area contributed by atoms with Gasteiger partial charge in [0.05, 0.1) is 5.60 Å². The van der Waals surface area contributed by atoms with Crippen LogP contribution in [0, 0.1) is 0 Å². The molecule has 0 saturated carbocycles. The lowest BCUT2D eigenvalue weighted by atomic mass is 9.90. The van der Waals surface area contributed by atoms with Crippen LogP contribution in [0.25, 0.3) is 0 Å². The predicted octanol–water partition coefficient (Wildman–Crippen LogP) is 3.22. The van der Waals surface area contributed by atoms with Crippen LogP contribution in [0.4, 0.5) is 5.69 Å². The van der Waals surface area contributed by atoms with Crippen molar-refractivity contribution in [2.75, 3.05) is 25.1 Å². The van der Waals surface area contributed by atoms with Crippen LogP contribution in [0.1, 0.15) is 33.1 Å². The summed E-state index contributed by atoms with van der Waals surface area (Å²) in [6.07, 6.45) is 3.13. The standard InChI is InChI=1S/C16H23NO3/c1-3-16(2)11-13(6-7-20-16)17-12-4-5-14-15(10-12)19-9-8-18-14/h4-5,10,13,17H,3,6-9,11H2,1-2H3. The van der Waals surface area contributed by atoms with Crippen LogP contribution in [-0.4, -0.2) is 31.5 Å². The zero-order valence-electron chi connectivity index (χ0n) is 12.3. The van der Waals surface area contributed by atoms with Crippen LogP contribution in [-0.2, 0) is 4.74 Å². The lowest BCUT2D eigenvalue weighted by molar-refractivity contribution is -0.0708. The third kappa shape index (κ3) is 2.85. The van der Waals surface area contributed by atoms with E-state index in [1.807, 2.05) is 12.1 Å². The Morgan fingerprint density at radius 2 is 2.00 bits per heavy atom. The van der Waals surface area contributed by atoms with Crippen molar-refractivity contribution >= 4 is 5.69 Å². The Morgan fingerprint density at radius 1 is 1.20 bits per heavy atom. The van der Waals surface area contributed by atoms with Crippen LogP contribution >= 0.6 is 0 Å². The summed E-state index contributed by atoms with van der Waals surface area (Å²) in [7, 11) is 0. The smallest absolute Gasteiger partial charge is 0.163 e. The van der Waals surface area contributed by atoms with Crippen molar-refractivity contribution in [3.63, 3.8) is 0 Å². The van der Waals surface area contributed by atoms with Gasteiger partial charge in [-0.05, 0) is 38.3 Å². The minimum absolute atomic E-state index is 0.00371. The lowest BCUT2D eigenvalue weighted by Crippen LogP contribution is -2.41. The molecule has 2 atom stereocenters. The largest absolute Gasteiger partial charge is 0.486 e. The van der Waals surface area contributed by atoms with Gasteiger partial charge in [0.2, 0.25) is 0 Å². The molecule has 0 bridgehead atoms. The Labute approximate surface area is 120 Å².